The SMILES string of the molecule is CCCCCC/C=C\C/C=C\CCCCCCCCCC(=O)OCCCCCCCCCCCCCCCCC(=O)NC(CO)C(O)/C=C/CCCCCCCCCCCCCCCCCCC. The molecule has 0 rings (SSSR count). The van der Waals surface area contributed by atoms with Crippen molar-refractivity contribution in [1.82, 2.24) is 5.32 Å². The van der Waals surface area contributed by atoms with Gasteiger partial charge >= 0.3 is 5.97 Å². The van der Waals surface area contributed by atoms with Crippen molar-refractivity contribution in [2.45, 2.75) is 334 Å². The van der Waals surface area contributed by atoms with Crippen LogP contribution in [-0.2, 0) is 14.3 Å². The summed E-state index contributed by atoms with van der Waals surface area (Å²) in [5.74, 6) is -0.0873. The van der Waals surface area contributed by atoms with Crippen molar-refractivity contribution in [1.29, 1.82) is 0 Å². The summed E-state index contributed by atoms with van der Waals surface area (Å²) in [5.41, 5.74) is 0. The molecule has 0 aliphatic carbocycles. The first-order chi connectivity index (χ1) is 33.5. The molecule has 0 aliphatic heterocycles. The van der Waals surface area contributed by atoms with Gasteiger partial charge in [-0.1, -0.05) is 281 Å². The monoisotopic (exact) mass is 956 g/mol. The summed E-state index contributed by atoms with van der Waals surface area (Å²) < 4.78 is 5.48. The van der Waals surface area contributed by atoms with Gasteiger partial charge in [0.2, 0.25) is 5.91 Å². The molecule has 0 aliphatic rings. The van der Waals surface area contributed by atoms with Gasteiger partial charge in [0.25, 0.3) is 0 Å². The average molecular weight is 957 g/mol. The van der Waals surface area contributed by atoms with Crippen molar-refractivity contribution in [3.8, 4) is 0 Å². The molecular formula is C62H117NO5. The molecule has 0 fully saturated rings. The molecule has 6 nitrogen and oxygen atoms in total. The van der Waals surface area contributed by atoms with Crippen LogP contribution in [0.3, 0.4) is 0 Å². The van der Waals surface area contributed by atoms with Gasteiger partial charge in [0.1, 0.15) is 0 Å². The summed E-state index contributed by atoms with van der Waals surface area (Å²) in [4.78, 5) is 24.6. The van der Waals surface area contributed by atoms with E-state index in [4.69, 9.17) is 4.74 Å². The smallest absolute Gasteiger partial charge is 0.305 e. The fourth-order valence-electron chi connectivity index (χ4n) is 9.25. The lowest BCUT2D eigenvalue weighted by Gasteiger charge is -2.20. The molecule has 0 saturated carbocycles. The van der Waals surface area contributed by atoms with Gasteiger partial charge in [-0.15, -0.1) is 0 Å². The molecule has 0 aromatic heterocycles. The van der Waals surface area contributed by atoms with Crippen LogP contribution in [0.4, 0.5) is 0 Å². The van der Waals surface area contributed by atoms with Crippen molar-refractivity contribution in [2.75, 3.05) is 13.2 Å². The summed E-state index contributed by atoms with van der Waals surface area (Å²) >= 11 is 0. The normalized spacial score (nSPS) is 12.8. The third kappa shape index (κ3) is 53.4. The highest BCUT2D eigenvalue weighted by molar-refractivity contribution is 5.76. The molecule has 0 aromatic carbocycles. The highest BCUT2D eigenvalue weighted by Crippen LogP contribution is 2.17. The fraction of sp³-hybridized carbons (Fsp3) is 0.871. The van der Waals surface area contributed by atoms with E-state index in [1.165, 1.54) is 231 Å². The van der Waals surface area contributed by atoms with Gasteiger partial charge in [-0.3, -0.25) is 9.59 Å². The van der Waals surface area contributed by atoms with Gasteiger partial charge in [0.05, 0.1) is 25.4 Å². The van der Waals surface area contributed by atoms with E-state index >= 15 is 0 Å². The third-order valence-electron chi connectivity index (χ3n) is 13.9. The lowest BCUT2D eigenvalue weighted by atomic mass is 10.0. The van der Waals surface area contributed by atoms with Crippen LogP contribution in [0.5, 0.6) is 0 Å². The van der Waals surface area contributed by atoms with E-state index < -0.39 is 12.1 Å². The molecule has 0 radical (unpaired) electrons. The molecule has 0 heterocycles. The Morgan fingerprint density at radius 1 is 0.412 bits per heavy atom. The largest absolute Gasteiger partial charge is 0.466 e. The number of aliphatic hydroxyl groups is 2. The van der Waals surface area contributed by atoms with Crippen molar-refractivity contribution in [3.05, 3.63) is 36.5 Å². The zero-order chi connectivity index (χ0) is 49.3. The summed E-state index contributed by atoms with van der Waals surface area (Å²) in [6.45, 7) is 4.88. The van der Waals surface area contributed by atoms with Crippen LogP contribution in [0.1, 0.15) is 322 Å². The molecule has 68 heavy (non-hydrogen) atoms. The van der Waals surface area contributed by atoms with E-state index in [1.807, 2.05) is 6.08 Å². The first kappa shape index (κ1) is 66.1. The molecular weight excluding hydrogens is 839 g/mol. The molecule has 0 bridgehead atoms. The van der Waals surface area contributed by atoms with Gasteiger partial charge in [-0.05, 0) is 64.2 Å². The van der Waals surface area contributed by atoms with Crippen LogP contribution in [0.2, 0.25) is 0 Å². The van der Waals surface area contributed by atoms with Crippen molar-refractivity contribution < 1.29 is 24.5 Å². The lowest BCUT2D eigenvalue weighted by Crippen LogP contribution is -2.45. The number of allylic oxidation sites excluding steroid dienone is 5. The molecule has 400 valence electrons. The van der Waals surface area contributed by atoms with Gasteiger partial charge in [0.15, 0.2) is 0 Å². The van der Waals surface area contributed by atoms with Crippen LogP contribution < -0.4 is 5.32 Å². The van der Waals surface area contributed by atoms with Gasteiger partial charge in [0, 0.05) is 12.8 Å². The van der Waals surface area contributed by atoms with Crippen molar-refractivity contribution in [3.63, 3.8) is 0 Å². The molecule has 2 unspecified atom stereocenters. The van der Waals surface area contributed by atoms with E-state index in [1.54, 1.807) is 6.08 Å². The molecule has 6 heteroatoms. The van der Waals surface area contributed by atoms with Crippen molar-refractivity contribution >= 4 is 11.9 Å². The molecule has 0 saturated heterocycles. The van der Waals surface area contributed by atoms with Crippen LogP contribution in [0.25, 0.3) is 0 Å². The summed E-state index contributed by atoms with van der Waals surface area (Å²) in [6.07, 6.45) is 71.6. The minimum absolute atomic E-state index is 0.0105. The summed E-state index contributed by atoms with van der Waals surface area (Å²) in [6, 6.07) is -0.637. The van der Waals surface area contributed by atoms with Crippen LogP contribution in [0, 0.1) is 0 Å². The zero-order valence-electron chi connectivity index (χ0n) is 45.6. The number of amides is 1. The highest BCUT2D eigenvalue weighted by atomic mass is 16.5. The lowest BCUT2D eigenvalue weighted by molar-refractivity contribution is -0.143. The number of rotatable bonds is 56. The number of nitrogens with one attached hydrogen (secondary N) is 1. The first-order valence-corrected chi connectivity index (χ1v) is 30.3. The van der Waals surface area contributed by atoms with E-state index in [0.717, 1.165) is 64.2 Å². The quantitative estimate of drug-likeness (QED) is 0.0321. The van der Waals surface area contributed by atoms with E-state index in [-0.39, 0.29) is 18.5 Å². The molecule has 0 spiro atoms. The van der Waals surface area contributed by atoms with Crippen LogP contribution in [0.15, 0.2) is 36.5 Å². The van der Waals surface area contributed by atoms with Crippen molar-refractivity contribution in [2.24, 2.45) is 0 Å². The molecule has 3 N–H and O–H groups in total. The average Bonchev–Trinajstić information content (AvgIpc) is 3.34. The first-order valence-electron chi connectivity index (χ1n) is 30.3. The number of hydrogen-bond donors (Lipinski definition) is 3. The predicted molar refractivity (Wildman–Crippen MR) is 296 cm³/mol. The Morgan fingerprint density at radius 3 is 1.13 bits per heavy atom. The number of hydrogen-bond acceptors (Lipinski definition) is 5. The Balaban J connectivity index is 3.47. The van der Waals surface area contributed by atoms with Gasteiger partial charge < -0.3 is 20.3 Å². The van der Waals surface area contributed by atoms with E-state index in [0.29, 0.717) is 19.4 Å². The van der Waals surface area contributed by atoms with E-state index in [9.17, 15) is 19.8 Å². The summed E-state index contributed by atoms with van der Waals surface area (Å²) in [5, 5.41) is 23.2. The van der Waals surface area contributed by atoms with E-state index in [2.05, 4.69) is 43.5 Å². The molecule has 2 atom stereocenters. The number of unbranched alkanes of at least 4 members (excludes halogenated alkanes) is 41. The number of ether oxygens (including phenoxy) is 1. The third-order valence-corrected chi connectivity index (χ3v) is 13.9. The maximum absolute atomic E-state index is 12.5. The second kappa shape index (κ2) is 57.7. The van der Waals surface area contributed by atoms with Gasteiger partial charge in [-0.25, -0.2) is 0 Å². The highest BCUT2D eigenvalue weighted by Gasteiger charge is 2.18. The number of esters is 1. The number of carbonyl (C=O) groups excluding carboxylic acids is 2. The number of aliphatic hydroxyl groups excluding tert-OH is 2. The minimum atomic E-state index is -0.853. The molecule has 0 aromatic rings. The Bertz CT molecular complexity index is 1100. The Morgan fingerprint density at radius 2 is 0.735 bits per heavy atom. The Kier molecular flexibility index (Phi) is 56.0. The maximum atomic E-state index is 12.5. The van der Waals surface area contributed by atoms with Crippen LogP contribution in [-0.4, -0.2) is 47.4 Å². The number of carbonyl (C=O) groups is 2. The van der Waals surface area contributed by atoms with Crippen LogP contribution >= 0.6 is 0 Å². The van der Waals surface area contributed by atoms with Gasteiger partial charge in [-0.2, -0.15) is 0 Å². The Hall–Kier alpha value is -1.92. The summed E-state index contributed by atoms with van der Waals surface area (Å²) in [7, 11) is 0. The fourth-order valence-corrected chi connectivity index (χ4v) is 9.25. The second-order valence-electron chi connectivity index (χ2n) is 20.7. The predicted octanol–water partition coefficient (Wildman–Crippen LogP) is 18.8. The standard InChI is InChI=1S/C62H117NO5/c1-3-5-7-9-11-13-15-17-19-21-23-24-26-30-34-38-42-46-50-54-60(65)59(58-64)63-61(66)55-51-47-43-39-35-31-28-29-33-37-41-45-49-53-57-68-62(67)56-52-48-44-40-36-32-27-25-22-20-18-16-14-12-10-8-6-4-2/h14,16,20,22,50,54,59-60,64-65H,3-13,15,17-19,21,23-49,51-53,55-58H2,1-2H3,(H,63,66)/b16-14-,22-20-,54-50+. The molecule has 1 amide bonds. The Labute approximate surface area is 424 Å². The zero-order valence-corrected chi connectivity index (χ0v) is 45.6. The topological polar surface area (TPSA) is 95.9 Å². The second-order valence-corrected chi connectivity index (χ2v) is 20.7. The minimum Gasteiger partial charge on any atom is -0.466 e. The maximum Gasteiger partial charge on any atom is 0.305 e.